The molecule has 1 aromatic heterocycles. The quantitative estimate of drug-likeness (QED) is 0.836. The third-order valence-corrected chi connectivity index (χ3v) is 3.66. The van der Waals surface area contributed by atoms with Crippen molar-refractivity contribution in [1.82, 2.24) is 4.98 Å². The van der Waals surface area contributed by atoms with Crippen LogP contribution in [0.25, 0.3) is 0 Å². The van der Waals surface area contributed by atoms with Crippen molar-refractivity contribution in [3.05, 3.63) is 15.6 Å². The Morgan fingerprint density at radius 1 is 1.27 bits per heavy atom. The number of rotatable bonds is 2. The monoisotopic (exact) mass is 226 g/mol. The van der Waals surface area contributed by atoms with Gasteiger partial charge >= 0.3 is 0 Å². The first kappa shape index (κ1) is 12.7. The molecule has 0 amide bonds. The van der Waals surface area contributed by atoms with Crippen molar-refractivity contribution in [3.63, 3.8) is 0 Å². The molecule has 1 atom stereocenters. The number of nitrogens with two attached hydrogens (primary N) is 1. The van der Waals surface area contributed by atoms with E-state index in [4.69, 9.17) is 5.73 Å². The van der Waals surface area contributed by atoms with Crippen LogP contribution in [0.5, 0.6) is 0 Å². The standard InChI is InChI=1S/C12H22N2S/c1-7(2)9-8(3)15-11(14-9)10(13)12(4,5)6/h7,10H,13H2,1-6H3. The van der Waals surface area contributed by atoms with Gasteiger partial charge in [-0.05, 0) is 18.3 Å². The lowest BCUT2D eigenvalue weighted by Gasteiger charge is -2.24. The summed E-state index contributed by atoms with van der Waals surface area (Å²) in [4.78, 5) is 5.97. The minimum Gasteiger partial charge on any atom is -0.322 e. The Bertz CT molecular complexity index is 334. The van der Waals surface area contributed by atoms with Crippen molar-refractivity contribution in [2.75, 3.05) is 0 Å². The molecule has 1 unspecified atom stereocenters. The van der Waals surface area contributed by atoms with Gasteiger partial charge in [-0.2, -0.15) is 0 Å². The van der Waals surface area contributed by atoms with Gasteiger partial charge in [-0.15, -0.1) is 11.3 Å². The summed E-state index contributed by atoms with van der Waals surface area (Å²) in [7, 11) is 0. The van der Waals surface area contributed by atoms with E-state index < -0.39 is 0 Å². The van der Waals surface area contributed by atoms with Crippen LogP contribution in [0, 0.1) is 12.3 Å². The molecular formula is C12H22N2S. The molecule has 0 aromatic carbocycles. The molecule has 0 saturated heterocycles. The zero-order valence-corrected chi connectivity index (χ0v) is 11.4. The molecule has 15 heavy (non-hydrogen) atoms. The molecule has 0 aliphatic carbocycles. The summed E-state index contributed by atoms with van der Waals surface area (Å²) in [6.07, 6.45) is 0. The molecule has 2 N–H and O–H groups in total. The highest BCUT2D eigenvalue weighted by atomic mass is 32.1. The predicted molar refractivity (Wildman–Crippen MR) is 67.3 cm³/mol. The molecular weight excluding hydrogens is 204 g/mol. The van der Waals surface area contributed by atoms with Crippen LogP contribution in [0.3, 0.4) is 0 Å². The fraction of sp³-hybridized carbons (Fsp3) is 0.750. The zero-order chi connectivity index (χ0) is 11.8. The molecule has 3 heteroatoms. The van der Waals surface area contributed by atoms with E-state index in [1.807, 2.05) is 0 Å². The highest BCUT2D eigenvalue weighted by Gasteiger charge is 2.26. The third-order valence-electron chi connectivity index (χ3n) is 2.59. The van der Waals surface area contributed by atoms with E-state index in [9.17, 15) is 0 Å². The maximum atomic E-state index is 6.20. The number of aromatic nitrogens is 1. The second-order valence-corrected chi connectivity index (χ2v) is 6.73. The summed E-state index contributed by atoms with van der Waals surface area (Å²) in [5, 5.41) is 1.07. The Morgan fingerprint density at radius 2 is 1.80 bits per heavy atom. The molecule has 0 fully saturated rings. The first-order chi connectivity index (χ1) is 6.73. The predicted octanol–water partition coefficient (Wildman–Crippen LogP) is 3.62. The van der Waals surface area contributed by atoms with Crippen LogP contribution in [0.1, 0.15) is 62.2 Å². The van der Waals surface area contributed by atoms with E-state index in [1.165, 1.54) is 10.6 Å². The van der Waals surface area contributed by atoms with Gasteiger partial charge in [-0.3, -0.25) is 0 Å². The molecule has 0 spiro atoms. The first-order valence-corrected chi connectivity index (χ1v) is 6.28. The van der Waals surface area contributed by atoms with Crippen LogP contribution in [0.4, 0.5) is 0 Å². The second-order valence-electron chi connectivity index (χ2n) is 5.49. The number of thiazole rings is 1. The molecule has 2 nitrogen and oxygen atoms in total. The number of nitrogens with zero attached hydrogens (tertiary/aromatic N) is 1. The van der Waals surface area contributed by atoms with Gasteiger partial charge in [0, 0.05) is 4.88 Å². The van der Waals surface area contributed by atoms with Gasteiger partial charge in [0.2, 0.25) is 0 Å². The van der Waals surface area contributed by atoms with Crippen molar-refractivity contribution in [2.24, 2.45) is 11.1 Å². The van der Waals surface area contributed by atoms with Crippen LogP contribution >= 0.6 is 11.3 Å². The Hall–Kier alpha value is -0.410. The fourth-order valence-electron chi connectivity index (χ4n) is 1.47. The largest absolute Gasteiger partial charge is 0.322 e. The molecule has 0 aliphatic rings. The van der Waals surface area contributed by atoms with Gasteiger partial charge in [0.25, 0.3) is 0 Å². The van der Waals surface area contributed by atoms with Gasteiger partial charge < -0.3 is 5.73 Å². The van der Waals surface area contributed by atoms with E-state index in [0.29, 0.717) is 5.92 Å². The summed E-state index contributed by atoms with van der Waals surface area (Å²) >= 11 is 1.74. The average molecular weight is 226 g/mol. The minimum atomic E-state index is 0.0358. The van der Waals surface area contributed by atoms with Crippen LogP contribution in [-0.4, -0.2) is 4.98 Å². The molecule has 86 valence electrons. The number of aryl methyl sites for hydroxylation is 1. The highest BCUT2D eigenvalue weighted by molar-refractivity contribution is 7.11. The van der Waals surface area contributed by atoms with Crippen molar-refractivity contribution >= 4 is 11.3 Å². The van der Waals surface area contributed by atoms with Gasteiger partial charge in [0.05, 0.1) is 11.7 Å². The number of hydrogen-bond acceptors (Lipinski definition) is 3. The van der Waals surface area contributed by atoms with Crippen molar-refractivity contribution < 1.29 is 0 Å². The van der Waals surface area contributed by atoms with E-state index in [0.717, 1.165) is 5.01 Å². The molecule has 1 heterocycles. The van der Waals surface area contributed by atoms with Gasteiger partial charge in [-0.25, -0.2) is 4.98 Å². The SMILES string of the molecule is Cc1sc(C(N)C(C)(C)C)nc1C(C)C. The Labute approximate surface area is 96.9 Å². The topological polar surface area (TPSA) is 38.9 Å². The summed E-state index contributed by atoms with van der Waals surface area (Å²) in [5.74, 6) is 0.488. The van der Waals surface area contributed by atoms with Gasteiger partial charge in [0.15, 0.2) is 0 Å². The number of hydrogen-bond donors (Lipinski definition) is 1. The Kier molecular flexibility index (Phi) is 3.56. The van der Waals surface area contributed by atoms with E-state index in [1.54, 1.807) is 11.3 Å². The maximum absolute atomic E-state index is 6.20. The lowest BCUT2D eigenvalue weighted by atomic mass is 9.88. The Morgan fingerprint density at radius 3 is 2.13 bits per heavy atom. The Balaban J connectivity index is 3.03. The van der Waals surface area contributed by atoms with E-state index in [-0.39, 0.29) is 11.5 Å². The molecule has 1 rings (SSSR count). The lowest BCUT2D eigenvalue weighted by Crippen LogP contribution is -2.26. The normalized spacial score (nSPS) is 14.7. The van der Waals surface area contributed by atoms with Crippen molar-refractivity contribution in [1.29, 1.82) is 0 Å². The second kappa shape index (κ2) is 4.22. The molecule has 0 saturated carbocycles. The summed E-state index contributed by atoms with van der Waals surface area (Å²) in [6.45, 7) is 12.9. The van der Waals surface area contributed by atoms with Crippen LogP contribution in [0.15, 0.2) is 0 Å². The van der Waals surface area contributed by atoms with E-state index in [2.05, 4.69) is 46.5 Å². The van der Waals surface area contributed by atoms with Crippen molar-refractivity contribution in [2.45, 2.75) is 53.5 Å². The summed E-state index contributed by atoms with van der Waals surface area (Å²) in [6, 6.07) is 0.0358. The first-order valence-electron chi connectivity index (χ1n) is 5.46. The third kappa shape index (κ3) is 2.79. The smallest absolute Gasteiger partial charge is 0.110 e. The lowest BCUT2D eigenvalue weighted by molar-refractivity contribution is 0.326. The van der Waals surface area contributed by atoms with Crippen LogP contribution in [0.2, 0.25) is 0 Å². The summed E-state index contributed by atoms with van der Waals surface area (Å²) in [5.41, 5.74) is 7.49. The minimum absolute atomic E-state index is 0.0358. The molecule has 0 aliphatic heterocycles. The zero-order valence-electron chi connectivity index (χ0n) is 10.6. The van der Waals surface area contributed by atoms with Gasteiger partial charge in [-0.1, -0.05) is 34.6 Å². The molecule has 0 radical (unpaired) electrons. The average Bonchev–Trinajstić information content (AvgIpc) is 2.44. The molecule has 0 bridgehead atoms. The van der Waals surface area contributed by atoms with Crippen molar-refractivity contribution in [3.8, 4) is 0 Å². The van der Waals surface area contributed by atoms with Crippen LogP contribution < -0.4 is 5.73 Å². The maximum Gasteiger partial charge on any atom is 0.110 e. The summed E-state index contributed by atoms with van der Waals surface area (Å²) < 4.78 is 0. The highest BCUT2D eigenvalue weighted by Crippen LogP contribution is 2.35. The van der Waals surface area contributed by atoms with Gasteiger partial charge in [0.1, 0.15) is 5.01 Å². The molecule has 1 aromatic rings. The fourth-order valence-corrected chi connectivity index (χ4v) is 2.79. The van der Waals surface area contributed by atoms with Crippen LogP contribution in [-0.2, 0) is 0 Å². The van der Waals surface area contributed by atoms with E-state index >= 15 is 0 Å².